The van der Waals surface area contributed by atoms with E-state index in [0.717, 1.165) is 18.4 Å². The van der Waals surface area contributed by atoms with Gasteiger partial charge in [0.15, 0.2) is 0 Å². The van der Waals surface area contributed by atoms with Gasteiger partial charge in [-0.25, -0.2) is 4.79 Å². The van der Waals surface area contributed by atoms with Gasteiger partial charge in [-0.15, -0.1) is 0 Å². The topological polar surface area (TPSA) is 43.4 Å². The van der Waals surface area contributed by atoms with Gasteiger partial charge in [0.2, 0.25) is 0 Å². The molecule has 1 unspecified atom stereocenters. The van der Waals surface area contributed by atoms with Gasteiger partial charge in [-0.05, 0) is 37.3 Å². The molecule has 0 amide bonds. The molecule has 3 heteroatoms. The summed E-state index contributed by atoms with van der Waals surface area (Å²) < 4.78 is 5.09. The largest absolute Gasteiger partial charge is 0.462 e. The van der Waals surface area contributed by atoms with Gasteiger partial charge >= 0.3 is 5.97 Å². The number of esters is 1. The summed E-state index contributed by atoms with van der Waals surface area (Å²) in [7, 11) is 0. The third-order valence-corrected chi connectivity index (χ3v) is 5.01. The Balaban J connectivity index is 1.96. The summed E-state index contributed by atoms with van der Waals surface area (Å²) in [6.45, 7) is 8.77. The summed E-state index contributed by atoms with van der Waals surface area (Å²) in [6, 6.07) is 7.23. The minimum absolute atomic E-state index is 0.162. The number of rotatable bonds is 9. The van der Waals surface area contributed by atoms with Crippen molar-refractivity contribution in [3.8, 4) is 0 Å². The molecule has 1 aliphatic rings. The van der Waals surface area contributed by atoms with Crippen molar-refractivity contribution >= 4 is 11.8 Å². The van der Waals surface area contributed by atoms with E-state index < -0.39 is 0 Å². The van der Waals surface area contributed by atoms with Crippen LogP contribution in [0.5, 0.6) is 0 Å². The maximum Gasteiger partial charge on any atom is 0.338 e. The molecule has 0 radical (unpaired) electrons. The van der Waals surface area contributed by atoms with E-state index in [2.05, 4.69) is 32.9 Å². The molecule has 2 rings (SSSR count). The van der Waals surface area contributed by atoms with Gasteiger partial charge in [-0.2, -0.15) is 0 Å². The SMILES string of the molecule is CCOC(=O)c1ccccc1CC(=O)CCC1=CC=C(C(C)C)C1CC. The second kappa shape index (κ2) is 9.51. The van der Waals surface area contributed by atoms with Crippen LogP contribution in [0.3, 0.4) is 0 Å². The Hall–Kier alpha value is -2.16. The van der Waals surface area contributed by atoms with E-state index in [1.165, 1.54) is 11.1 Å². The lowest BCUT2D eigenvalue weighted by Gasteiger charge is -2.20. The first-order valence-electron chi connectivity index (χ1n) is 9.65. The van der Waals surface area contributed by atoms with E-state index in [9.17, 15) is 9.59 Å². The van der Waals surface area contributed by atoms with Crippen LogP contribution in [-0.4, -0.2) is 18.4 Å². The standard InChI is InChI=1S/C23H30O3/c1-5-20-17(12-14-21(20)16(3)4)11-13-19(24)15-18-9-7-8-10-22(18)23(25)26-6-2/h7-10,12,14,16,20H,5-6,11,13,15H2,1-4H3. The van der Waals surface area contributed by atoms with Crippen molar-refractivity contribution in [1.82, 2.24) is 0 Å². The zero-order valence-corrected chi connectivity index (χ0v) is 16.4. The second-order valence-corrected chi connectivity index (χ2v) is 7.12. The normalized spacial score (nSPS) is 16.4. The average molecular weight is 354 g/mol. The molecule has 3 nitrogen and oxygen atoms in total. The van der Waals surface area contributed by atoms with E-state index in [4.69, 9.17) is 4.74 Å². The van der Waals surface area contributed by atoms with Crippen LogP contribution in [0, 0.1) is 11.8 Å². The molecule has 0 fully saturated rings. The summed E-state index contributed by atoms with van der Waals surface area (Å²) in [5, 5.41) is 0. The molecule has 26 heavy (non-hydrogen) atoms. The quantitative estimate of drug-likeness (QED) is 0.565. The first-order valence-corrected chi connectivity index (χ1v) is 9.65. The third-order valence-electron chi connectivity index (χ3n) is 5.01. The molecular weight excluding hydrogens is 324 g/mol. The predicted molar refractivity (Wildman–Crippen MR) is 105 cm³/mol. The van der Waals surface area contributed by atoms with E-state index >= 15 is 0 Å². The lowest BCUT2D eigenvalue weighted by atomic mass is 9.84. The maximum atomic E-state index is 12.5. The zero-order valence-electron chi connectivity index (χ0n) is 16.4. The average Bonchev–Trinajstić information content (AvgIpc) is 3.04. The molecular formula is C23H30O3. The summed E-state index contributed by atoms with van der Waals surface area (Å²) in [5.74, 6) is 0.831. The van der Waals surface area contributed by atoms with E-state index in [-0.39, 0.29) is 18.2 Å². The summed E-state index contributed by atoms with van der Waals surface area (Å²) in [4.78, 5) is 24.6. The molecule has 0 aromatic heterocycles. The van der Waals surface area contributed by atoms with Crippen LogP contribution in [0.15, 0.2) is 47.6 Å². The lowest BCUT2D eigenvalue weighted by molar-refractivity contribution is -0.118. The van der Waals surface area contributed by atoms with E-state index in [0.29, 0.717) is 30.4 Å². The number of hydrogen-bond donors (Lipinski definition) is 0. The van der Waals surface area contributed by atoms with Crippen LogP contribution in [0.1, 0.15) is 62.9 Å². The first-order chi connectivity index (χ1) is 12.5. The van der Waals surface area contributed by atoms with Crippen LogP contribution in [0.4, 0.5) is 0 Å². The van der Waals surface area contributed by atoms with Crippen molar-refractivity contribution < 1.29 is 14.3 Å². The summed E-state index contributed by atoms with van der Waals surface area (Å²) >= 11 is 0. The fraction of sp³-hybridized carbons (Fsp3) is 0.478. The van der Waals surface area contributed by atoms with Crippen molar-refractivity contribution in [2.45, 2.75) is 53.4 Å². The summed E-state index contributed by atoms with van der Waals surface area (Å²) in [5.41, 5.74) is 4.09. The van der Waals surface area contributed by atoms with E-state index in [1.807, 2.05) is 12.1 Å². The van der Waals surface area contributed by atoms with Crippen molar-refractivity contribution in [2.75, 3.05) is 6.61 Å². The Morgan fingerprint density at radius 1 is 1.12 bits per heavy atom. The monoisotopic (exact) mass is 354 g/mol. The Bertz CT molecular complexity index is 710. The highest BCUT2D eigenvalue weighted by molar-refractivity contribution is 5.93. The Kier molecular flexibility index (Phi) is 7.38. The number of carbonyl (C=O) groups is 2. The molecule has 1 atom stereocenters. The van der Waals surface area contributed by atoms with Crippen LogP contribution in [-0.2, 0) is 16.0 Å². The van der Waals surface area contributed by atoms with Crippen LogP contribution < -0.4 is 0 Å². The summed E-state index contributed by atoms with van der Waals surface area (Å²) in [6.07, 6.45) is 7.10. The zero-order chi connectivity index (χ0) is 19.1. The van der Waals surface area contributed by atoms with Crippen molar-refractivity contribution in [3.05, 3.63) is 58.7 Å². The Morgan fingerprint density at radius 3 is 2.50 bits per heavy atom. The van der Waals surface area contributed by atoms with Crippen molar-refractivity contribution in [3.63, 3.8) is 0 Å². The van der Waals surface area contributed by atoms with Gasteiger partial charge in [-0.3, -0.25) is 4.79 Å². The molecule has 0 aliphatic heterocycles. The van der Waals surface area contributed by atoms with Crippen LogP contribution in [0.25, 0.3) is 0 Å². The molecule has 1 aromatic rings. The number of benzene rings is 1. The third kappa shape index (κ3) is 4.94. The second-order valence-electron chi connectivity index (χ2n) is 7.12. The van der Waals surface area contributed by atoms with Gasteiger partial charge in [0.25, 0.3) is 0 Å². The highest BCUT2D eigenvalue weighted by atomic mass is 16.5. The number of Topliss-reactive ketones (excluding diaryl/α,β-unsaturated/α-hetero) is 1. The smallest absolute Gasteiger partial charge is 0.338 e. The first kappa shape index (κ1) is 20.2. The van der Waals surface area contributed by atoms with Crippen molar-refractivity contribution in [2.24, 2.45) is 11.8 Å². The van der Waals surface area contributed by atoms with Crippen LogP contribution >= 0.6 is 0 Å². The number of hydrogen-bond acceptors (Lipinski definition) is 3. The van der Waals surface area contributed by atoms with Crippen LogP contribution in [0.2, 0.25) is 0 Å². The maximum absolute atomic E-state index is 12.5. The molecule has 0 heterocycles. The predicted octanol–water partition coefficient (Wildman–Crippen LogP) is 5.30. The number of ketones is 1. The van der Waals surface area contributed by atoms with E-state index in [1.54, 1.807) is 19.1 Å². The van der Waals surface area contributed by atoms with Gasteiger partial charge < -0.3 is 4.74 Å². The van der Waals surface area contributed by atoms with Crippen molar-refractivity contribution in [1.29, 1.82) is 0 Å². The number of ether oxygens (including phenoxy) is 1. The minimum Gasteiger partial charge on any atom is -0.462 e. The molecule has 0 spiro atoms. The fourth-order valence-corrected chi connectivity index (χ4v) is 3.67. The molecule has 0 saturated carbocycles. The number of carbonyl (C=O) groups excluding carboxylic acids is 2. The van der Waals surface area contributed by atoms with Gasteiger partial charge in [-0.1, -0.05) is 62.3 Å². The number of allylic oxidation sites excluding steroid dienone is 4. The molecule has 1 aromatic carbocycles. The Morgan fingerprint density at radius 2 is 1.85 bits per heavy atom. The molecule has 0 saturated heterocycles. The molecule has 0 bridgehead atoms. The van der Waals surface area contributed by atoms with Gasteiger partial charge in [0, 0.05) is 18.8 Å². The Labute approximate surface area is 157 Å². The minimum atomic E-state index is -0.355. The molecule has 1 aliphatic carbocycles. The lowest BCUT2D eigenvalue weighted by Crippen LogP contribution is -2.12. The fourth-order valence-electron chi connectivity index (χ4n) is 3.67. The highest BCUT2D eigenvalue weighted by Gasteiger charge is 2.23. The highest BCUT2D eigenvalue weighted by Crippen LogP contribution is 2.36. The molecule has 140 valence electrons. The molecule has 0 N–H and O–H groups in total. The van der Waals surface area contributed by atoms with Gasteiger partial charge in [0.1, 0.15) is 5.78 Å². The van der Waals surface area contributed by atoms with Gasteiger partial charge in [0.05, 0.1) is 12.2 Å².